The predicted molar refractivity (Wildman–Crippen MR) is 57.1 cm³/mol. The van der Waals surface area contributed by atoms with Crippen molar-refractivity contribution in [3.05, 3.63) is 0 Å². The van der Waals surface area contributed by atoms with Crippen molar-refractivity contribution in [3.8, 4) is 0 Å². The highest BCUT2D eigenvalue weighted by atomic mass is 16.3. The molecule has 4 heteroatoms. The third kappa shape index (κ3) is 4.58. The largest absolute Gasteiger partial charge is 0.395 e. The Kier molecular flexibility index (Phi) is 6.49. The topological polar surface area (TPSA) is 43.8 Å². The van der Waals surface area contributed by atoms with Crippen LogP contribution in [0.4, 0.5) is 0 Å². The molecule has 0 heterocycles. The average Bonchev–Trinajstić information content (AvgIpc) is 2.15. The minimum atomic E-state index is 0.104. The van der Waals surface area contributed by atoms with Crippen LogP contribution < -0.4 is 0 Å². The van der Waals surface area contributed by atoms with Gasteiger partial charge in [-0.15, -0.1) is 0 Å². The van der Waals surface area contributed by atoms with Gasteiger partial charge in [-0.05, 0) is 20.4 Å². The highest BCUT2D eigenvalue weighted by Gasteiger charge is 2.14. The lowest BCUT2D eigenvalue weighted by Gasteiger charge is -2.25. The van der Waals surface area contributed by atoms with Crippen molar-refractivity contribution in [2.45, 2.75) is 26.8 Å². The number of aliphatic hydroxyl groups is 1. The fraction of sp³-hybridized carbons (Fsp3) is 0.900. The monoisotopic (exact) mass is 202 g/mol. The highest BCUT2D eigenvalue weighted by Crippen LogP contribution is 1.97. The number of carbonyl (C=O) groups is 1. The molecule has 0 aromatic heterocycles. The fourth-order valence-corrected chi connectivity index (χ4v) is 1.08. The van der Waals surface area contributed by atoms with Crippen LogP contribution in [0.1, 0.15) is 20.8 Å². The van der Waals surface area contributed by atoms with Crippen molar-refractivity contribution in [2.24, 2.45) is 0 Å². The Bertz CT molecular complexity index is 172. The Morgan fingerprint density at radius 1 is 1.43 bits per heavy atom. The molecule has 84 valence electrons. The Morgan fingerprint density at radius 2 is 2.00 bits per heavy atom. The minimum absolute atomic E-state index is 0.104. The summed E-state index contributed by atoms with van der Waals surface area (Å²) < 4.78 is 0. The first-order valence-electron chi connectivity index (χ1n) is 5.11. The van der Waals surface area contributed by atoms with Crippen LogP contribution in [0.5, 0.6) is 0 Å². The predicted octanol–water partition coefficient (Wildman–Crippen LogP) is 0.167. The first-order valence-corrected chi connectivity index (χ1v) is 5.11. The molecule has 0 spiro atoms. The van der Waals surface area contributed by atoms with E-state index in [0.29, 0.717) is 13.1 Å². The molecule has 14 heavy (non-hydrogen) atoms. The van der Waals surface area contributed by atoms with E-state index in [0.717, 1.165) is 6.54 Å². The third-order valence-corrected chi connectivity index (χ3v) is 2.39. The maximum absolute atomic E-state index is 11.6. The van der Waals surface area contributed by atoms with E-state index >= 15 is 0 Å². The van der Waals surface area contributed by atoms with Crippen LogP contribution in [0.2, 0.25) is 0 Å². The normalized spacial score (nSPS) is 11.1. The van der Waals surface area contributed by atoms with Crippen molar-refractivity contribution >= 4 is 5.91 Å². The maximum Gasteiger partial charge on any atom is 0.236 e. The van der Waals surface area contributed by atoms with Crippen LogP contribution in [-0.4, -0.2) is 60.1 Å². The first kappa shape index (κ1) is 13.4. The zero-order valence-corrected chi connectivity index (χ0v) is 9.66. The molecular formula is C10H22N2O2. The van der Waals surface area contributed by atoms with Gasteiger partial charge in [0.1, 0.15) is 0 Å². The second-order valence-corrected chi connectivity index (χ2v) is 3.69. The van der Waals surface area contributed by atoms with E-state index in [9.17, 15) is 4.79 Å². The summed E-state index contributed by atoms with van der Waals surface area (Å²) in [5.41, 5.74) is 0. The molecule has 0 saturated heterocycles. The molecule has 0 aromatic carbocycles. The van der Waals surface area contributed by atoms with E-state index in [1.54, 1.807) is 11.9 Å². The van der Waals surface area contributed by atoms with E-state index in [-0.39, 0.29) is 18.6 Å². The number of nitrogens with zero attached hydrogens (tertiary/aromatic N) is 2. The summed E-state index contributed by atoms with van der Waals surface area (Å²) in [6.07, 6.45) is 0. The number of hydrogen-bond acceptors (Lipinski definition) is 3. The van der Waals surface area contributed by atoms with Crippen molar-refractivity contribution in [1.29, 1.82) is 0 Å². The van der Waals surface area contributed by atoms with Crippen molar-refractivity contribution in [3.63, 3.8) is 0 Å². The second kappa shape index (κ2) is 6.79. The Morgan fingerprint density at radius 3 is 2.36 bits per heavy atom. The van der Waals surface area contributed by atoms with E-state index in [1.807, 2.05) is 25.7 Å². The van der Waals surface area contributed by atoms with Crippen molar-refractivity contribution in [2.75, 3.05) is 33.3 Å². The SMILES string of the molecule is CCN(CCO)CC(=O)N(C)C(C)C. The number of hydrogen-bond donors (Lipinski definition) is 1. The van der Waals surface area contributed by atoms with Crippen LogP contribution >= 0.6 is 0 Å². The maximum atomic E-state index is 11.6. The highest BCUT2D eigenvalue weighted by molar-refractivity contribution is 5.78. The van der Waals surface area contributed by atoms with Crippen LogP contribution in [0.3, 0.4) is 0 Å². The summed E-state index contributed by atoms with van der Waals surface area (Å²) in [6.45, 7) is 7.81. The molecule has 0 aliphatic rings. The zero-order valence-electron chi connectivity index (χ0n) is 9.66. The van der Waals surface area contributed by atoms with Gasteiger partial charge < -0.3 is 10.0 Å². The lowest BCUT2D eigenvalue weighted by atomic mass is 10.3. The number of rotatable bonds is 6. The van der Waals surface area contributed by atoms with Gasteiger partial charge in [0.15, 0.2) is 0 Å². The summed E-state index contributed by atoms with van der Waals surface area (Å²) in [7, 11) is 1.81. The summed E-state index contributed by atoms with van der Waals surface area (Å²) in [4.78, 5) is 15.3. The summed E-state index contributed by atoms with van der Waals surface area (Å²) in [6, 6.07) is 0.232. The van der Waals surface area contributed by atoms with Gasteiger partial charge in [0.05, 0.1) is 13.2 Å². The molecule has 0 aromatic rings. The third-order valence-electron chi connectivity index (χ3n) is 2.39. The van der Waals surface area contributed by atoms with Gasteiger partial charge in [0.2, 0.25) is 5.91 Å². The molecule has 0 bridgehead atoms. The standard InChI is InChI=1S/C10H22N2O2/c1-5-12(6-7-13)8-10(14)11(4)9(2)3/h9,13H,5-8H2,1-4H3. The number of carbonyl (C=O) groups excluding carboxylic acids is 1. The minimum Gasteiger partial charge on any atom is -0.395 e. The Balaban J connectivity index is 4.01. The molecule has 1 amide bonds. The van der Waals surface area contributed by atoms with Gasteiger partial charge in [-0.25, -0.2) is 0 Å². The summed E-state index contributed by atoms with van der Waals surface area (Å²) in [5, 5.41) is 8.76. The second-order valence-electron chi connectivity index (χ2n) is 3.69. The van der Waals surface area contributed by atoms with E-state index in [4.69, 9.17) is 5.11 Å². The van der Waals surface area contributed by atoms with E-state index in [2.05, 4.69) is 0 Å². The van der Waals surface area contributed by atoms with Crippen LogP contribution in [-0.2, 0) is 4.79 Å². The van der Waals surface area contributed by atoms with Crippen molar-refractivity contribution < 1.29 is 9.90 Å². The summed E-state index contributed by atoms with van der Waals surface area (Å²) >= 11 is 0. The lowest BCUT2D eigenvalue weighted by molar-refractivity contribution is -0.132. The molecule has 0 fully saturated rings. The fourth-order valence-electron chi connectivity index (χ4n) is 1.08. The van der Waals surface area contributed by atoms with Crippen LogP contribution in [0.15, 0.2) is 0 Å². The van der Waals surface area contributed by atoms with Gasteiger partial charge in [-0.1, -0.05) is 6.92 Å². The van der Waals surface area contributed by atoms with Gasteiger partial charge in [0.25, 0.3) is 0 Å². The summed E-state index contributed by atoms with van der Waals surface area (Å²) in [5.74, 6) is 0.107. The molecule has 0 rings (SSSR count). The number of aliphatic hydroxyl groups excluding tert-OH is 1. The quantitative estimate of drug-likeness (QED) is 0.667. The molecule has 0 aliphatic carbocycles. The number of likely N-dealkylation sites (N-methyl/N-ethyl adjacent to an activating group) is 2. The molecule has 1 N–H and O–H groups in total. The molecular weight excluding hydrogens is 180 g/mol. The molecule has 4 nitrogen and oxygen atoms in total. The van der Waals surface area contributed by atoms with Crippen molar-refractivity contribution in [1.82, 2.24) is 9.80 Å². The average molecular weight is 202 g/mol. The Hall–Kier alpha value is -0.610. The van der Waals surface area contributed by atoms with Crippen LogP contribution in [0, 0.1) is 0 Å². The molecule has 0 unspecified atom stereocenters. The molecule has 0 radical (unpaired) electrons. The zero-order chi connectivity index (χ0) is 11.1. The molecule has 0 saturated carbocycles. The van der Waals surface area contributed by atoms with Gasteiger partial charge in [-0.2, -0.15) is 0 Å². The smallest absolute Gasteiger partial charge is 0.236 e. The van der Waals surface area contributed by atoms with Gasteiger partial charge >= 0.3 is 0 Å². The van der Waals surface area contributed by atoms with E-state index < -0.39 is 0 Å². The van der Waals surface area contributed by atoms with Crippen LogP contribution in [0.25, 0.3) is 0 Å². The van der Waals surface area contributed by atoms with Gasteiger partial charge in [0, 0.05) is 19.6 Å². The molecule has 0 aliphatic heterocycles. The first-order chi connectivity index (χ1) is 6.52. The van der Waals surface area contributed by atoms with E-state index in [1.165, 1.54) is 0 Å². The Labute approximate surface area is 86.5 Å². The number of amides is 1. The van der Waals surface area contributed by atoms with Gasteiger partial charge in [-0.3, -0.25) is 9.69 Å². The molecule has 0 atom stereocenters. The lowest BCUT2D eigenvalue weighted by Crippen LogP contribution is -2.42.